The van der Waals surface area contributed by atoms with Crippen LogP contribution >= 0.6 is 15.9 Å². The van der Waals surface area contributed by atoms with Gasteiger partial charge in [-0.05, 0) is 23.3 Å². The number of benzene rings is 2. The molecule has 0 fully saturated rings. The monoisotopic (exact) mass is 321 g/mol. The maximum Gasteiger partial charge on any atom is 0.167 e. The predicted octanol–water partition coefficient (Wildman–Crippen LogP) is 3.47. The molecule has 0 heterocycles. The number of ketones is 1. The summed E-state index contributed by atoms with van der Waals surface area (Å²) in [6.45, 7) is 0.456. The molecular formula is C15H13BrFNO. The van der Waals surface area contributed by atoms with Gasteiger partial charge in [0.05, 0.1) is 0 Å². The molecule has 2 N–H and O–H groups in total. The summed E-state index contributed by atoms with van der Waals surface area (Å²) in [5.74, 6) is -0.328. The molecule has 2 nitrogen and oxygen atoms in total. The molecule has 0 amide bonds. The predicted molar refractivity (Wildman–Crippen MR) is 76.5 cm³/mol. The highest BCUT2D eigenvalue weighted by Gasteiger charge is 2.10. The maximum absolute atomic E-state index is 13.0. The second-order valence-corrected chi connectivity index (χ2v) is 5.09. The highest BCUT2D eigenvalue weighted by Crippen LogP contribution is 2.20. The molecule has 98 valence electrons. The third kappa shape index (κ3) is 3.49. The summed E-state index contributed by atoms with van der Waals surface area (Å²) in [6.07, 6.45) is 0.239. The fourth-order valence-corrected chi connectivity index (χ4v) is 2.26. The normalized spacial score (nSPS) is 10.5. The van der Waals surface area contributed by atoms with Crippen molar-refractivity contribution < 1.29 is 9.18 Å². The van der Waals surface area contributed by atoms with Crippen LogP contribution in [0.1, 0.15) is 21.5 Å². The van der Waals surface area contributed by atoms with Crippen molar-refractivity contribution >= 4 is 21.7 Å². The van der Waals surface area contributed by atoms with Gasteiger partial charge in [-0.2, -0.15) is 0 Å². The average Bonchev–Trinajstić information content (AvgIpc) is 2.42. The average molecular weight is 322 g/mol. The summed E-state index contributed by atoms with van der Waals surface area (Å²) in [6, 6.07) is 11.5. The lowest BCUT2D eigenvalue weighted by atomic mass is 10.0. The van der Waals surface area contributed by atoms with Crippen molar-refractivity contribution in [2.45, 2.75) is 13.0 Å². The van der Waals surface area contributed by atoms with Crippen LogP contribution in [0.15, 0.2) is 46.9 Å². The third-order valence-corrected chi connectivity index (χ3v) is 3.62. The highest BCUT2D eigenvalue weighted by molar-refractivity contribution is 9.10. The number of rotatable bonds is 4. The molecule has 2 aromatic carbocycles. The minimum atomic E-state index is -0.324. The van der Waals surface area contributed by atoms with Crippen LogP contribution in [0.5, 0.6) is 0 Å². The highest BCUT2D eigenvalue weighted by atomic mass is 79.9. The SMILES string of the molecule is NCc1ccc(C(=O)Cc2ccc(F)cc2Br)cc1. The van der Waals surface area contributed by atoms with Crippen molar-refractivity contribution in [1.29, 1.82) is 0 Å². The fraction of sp³-hybridized carbons (Fsp3) is 0.133. The Morgan fingerprint density at radius 1 is 1.16 bits per heavy atom. The van der Waals surface area contributed by atoms with Crippen molar-refractivity contribution in [3.8, 4) is 0 Å². The molecule has 19 heavy (non-hydrogen) atoms. The van der Waals surface area contributed by atoms with Gasteiger partial charge in [-0.25, -0.2) is 4.39 Å². The molecule has 0 aliphatic carbocycles. The van der Waals surface area contributed by atoms with Crippen LogP contribution in [-0.2, 0) is 13.0 Å². The summed E-state index contributed by atoms with van der Waals surface area (Å²) in [5, 5.41) is 0. The summed E-state index contributed by atoms with van der Waals surface area (Å²) in [5.41, 5.74) is 7.90. The maximum atomic E-state index is 13.0. The molecule has 0 aliphatic heterocycles. The Bertz CT molecular complexity index is 596. The zero-order valence-corrected chi connectivity index (χ0v) is 11.8. The second kappa shape index (κ2) is 6.08. The Morgan fingerprint density at radius 2 is 1.84 bits per heavy atom. The zero-order chi connectivity index (χ0) is 13.8. The molecular weight excluding hydrogens is 309 g/mol. The standard InChI is InChI=1S/C15H13BrFNO/c16-14-8-13(17)6-5-12(14)7-15(19)11-3-1-10(9-18)2-4-11/h1-6,8H,7,9,18H2. The summed E-state index contributed by atoms with van der Waals surface area (Å²) in [4.78, 5) is 12.1. The van der Waals surface area contributed by atoms with Gasteiger partial charge in [0, 0.05) is 23.0 Å². The lowest BCUT2D eigenvalue weighted by molar-refractivity contribution is 0.0992. The van der Waals surface area contributed by atoms with Gasteiger partial charge < -0.3 is 5.73 Å². The van der Waals surface area contributed by atoms with Gasteiger partial charge in [-0.15, -0.1) is 0 Å². The van der Waals surface area contributed by atoms with Crippen LogP contribution in [0, 0.1) is 5.82 Å². The van der Waals surface area contributed by atoms with E-state index < -0.39 is 0 Å². The van der Waals surface area contributed by atoms with Gasteiger partial charge >= 0.3 is 0 Å². The minimum Gasteiger partial charge on any atom is -0.326 e. The molecule has 2 rings (SSSR count). The fourth-order valence-electron chi connectivity index (χ4n) is 1.77. The van der Waals surface area contributed by atoms with Gasteiger partial charge in [0.15, 0.2) is 5.78 Å². The lowest BCUT2D eigenvalue weighted by Crippen LogP contribution is -2.05. The van der Waals surface area contributed by atoms with Crippen molar-refractivity contribution in [2.75, 3.05) is 0 Å². The number of hydrogen-bond acceptors (Lipinski definition) is 2. The number of hydrogen-bond donors (Lipinski definition) is 1. The zero-order valence-electron chi connectivity index (χ0n) is 10.2. The van der Waals surface area contributed by atoms with E-state index in [-0.39, 0.29) is 18.0 Å². The van der Waals surface area contributed by atoms with Gasteiger partial charge in [-0.3, -0.25) is 4.79 Å². The first-order chi connectivity index (χ1) is 9.10. The van der Waals surface area contributed by atoms with E-state index in [4.69, 9.17) is 5.73 Å². The van der Waals surface area contributed by atoms with E-state index in [1.165, 1.54) is 12.1 Å². The van der Waals surface area contributed by atoms with Crippen molar-refractivity contribution in [3.63, 3.8) is 0 Å². The van der Waals surface area contributed by atoms with Gasteiger partial charge in [0.1, 0.15) is 5.82 Å². The molecule has 0 saturated heterocycles. The third-order valence-electron chi connectivity index (χ3n) is 2.88. The van der Waals surface area contributed by atoms with Crippen LogP contribution < -0.4 is 5.73 Å². The van der Waals surface area contributed by atoms with Crippen LogP contribution in [0.4, 0.5) is 4.39 Å². The molecule has 0 unspecified atom stereocenters. The van der Waals surface area contributed by atoms with Crippen LogP contribution in [0.3, 0.4) is 0 Å². The molecule has 0 atom stereocenters. The Hall–Kier alpha value is -1.52. The van der Waals surface area contributed by atoms with E-state index in [1.54, 1.807) is 18.2 Å². The molecule has 4 heteroatoms. The Labute approximate surface area is 119 Å². The number of carbonyl (C=O) groups is 1. The minimum absolute atomic E-state index is 0.00382. The van der Waals surface area contributed by atoms with Gasteiger partial charge in [-0.1, -0.05) is 46.3 Å². The number of Topliss-reactive ketones (excluding diaryl/α,β-unsaturated/α-hetero) is 1. The number of halogens is 2. The van der Waals surface area contributed by atoms with Crippen LogP contribution in [-0.4, -0.2) is 5.78 Å². The summed E-state index contributed by atoms with van der Waals surface area (Å²) in [7, 11) is 0. The van der Waals surface area contributed by atoms with Gasteiger partial charge in [0.2, 0.25) is 0 Å². The first kappa shape index (κ1) is 13.9. The molecule has 0 spiro atoms. The Balaban J connectivity index is 2.15. The summed E-state index contributed by atoms with van der Waals surface area (Å²) >= 11 is 3.26. The van der Waals surface area contributed by atoms with E-state index in [0.29, 0.717) is 16.6 Å². The van der Waals surface area contributed by atoms with Gasteiger partial charge in [0.25, 0.3) is 0 Å². The largest absolute Gasteiger partial charge is 0.326 e. The Kier molecular flexibility index (Phi) is 4.45. The smallest absolute Gasteiger partial charge is 0.167 e. The van der Waals surface area contributed by atoms with Crippen LogP contribution in [0.25, 0.3) is 0 Å². The summed E-state index contributed by atoms with van der Waals surface area (Å²) < 4.78 is 13.6. The number of carbonyl (C=O) groups excluding carboxylic acids is 1. The van der Waals surface area contributed by atoms with E-state index >= 15 is 0 Å². The van der Waals surface area contributed by atoms with E-state index in [1.807, 2.05) is 12.1 Å². The van der Waals surface area contributed by atoms with E-state index in [0.717, 1.165) is 11.1 Å². The second-order valence-electron chi connectivity index (χ2n) is 4.24. The molecule has 0 saturated carbocycles. The molecule has 0 bridgehead atoms. The molecule has 0 radical (unpaired) electrons. The van der Waals surface area contributed by atoms with E-state index in [9.17, 15) is 9.18 Å². The van der Waals surface area contributed by atoms with Crippen molar-refractivity contribution in [3.05, 3.63) is 69.4 Å². The first-order valence-corrected chi connectivity index (χ1v) is 6.65. The lowest BCUT2D eigenvalue weighted by Gasteiger charge is -2.05. The molecule has 0 aliphatic rings. The molecule has 0 aromatic heterocycles. The molecule has 2 aromatic rings. The van der Waals surface area contributed by atoms with Crippen molar-refractivity contribution in [2.24, 2.45) is 5.73 Å². The van der Waals surface area contributed by atoms with Crippen molar-refractivity contribution in [1.82, 2.24) is 0 Å². The van der Waals surface area contributed by atoms with E-state index in [2.05, 4.69) is 15.9 Å². The van der Waals surface area contributed by atoms with Crippen LogP contribution in [0.2, 0.25) is 0 Å². The topological polar surface area (TPSA) is 43.1 Å². The number of nitrogens with two attached hydrogens (primary N) is 1. The Morgan fingerprint density at radius 3 is 2.42 bits per heavy atom. The first-order valence-electron chi connectivity index (χ1n) is 5.86. The quantitative estimate of drug-likeness (QED) is 0.876.